The fourth-order valence-electron chi connectivity index (χ4n) is 3.94. The molecule has 1 N–H and O–H groups in total. The highest BCUT2D eigenvalue weighted by molar-refractivity contribution is 5.96. The number of benzene rings is 2. The van der Waals surface area contributed by atoms with E-state index >= 15 is 0 Å². The fraction of sp³-hybridized carbons (Fsp3) is 0.217. The van der Waals surface area contributed by atoms with Crippen LogP contribution in [0.4, 0.5) is 0 Å². The monoisotopic (exact) mass is 404 g/mol. The van der Waals surface area contributed by atoms with Crippen molar-refractivity contribution in [2.24, 2.45) is 0 Å². The zero-order valence-electron chi connectivity index (χ0n) is 16.2. The second-order valence-electron chi connectivity index (χ2n) is 7.49. The third-order valence-electron chi connectivity index (χ3n) is 5.50. The van der Waals surface area contributed by atoms with Crippen molar-refractivity contribution < 1.29 is 18.7 Å². The summed E-state index contributed by atoms with van der Waals surface area (Å²) in [7, 11) is 0. The average molecular weight is 404 g/mol. The Morgan fingerprint density at radius 1 is 0.933 bits per heavy atom. The molecule has 2 aromatic carbocycles. The Morgan fingerprint density at radius 3 is 2.53 bits per heavy atom. The van der Waals surface area contributed by atoms with Gasteiger partial charge in [-0.2, -0.15) is 0 Å². The lowest BCUT2D eigenvalue weighted by Crippen LogP contribution is -2.48. The van der Waals surface area contributed by atoms with Crippen LogP contribution in [0.1, 0.15) is 16.1 Å². The number of hydrogen-bond donors (Lipinski definition) is 1. The first kappa shape index (κ1) is 18.4. The third kappa shape index (κ3) is 3.44. The molecule has 7 nitrogen and oxygen atoms in total. The molecule has 1 fully saturated rings. The molecule has 0 radical (unpaired) electrons. The third-order valence-corrected chi connectivity index (χ3v) is 5.50. The lowest BCUT2D eigenvalue weighted by Gasteiger charge is -2.34. The number of piperazine rings is 1. The maximum Gasteiger partial charge on any atom is 0.336 e. The number of amides is 1. The van der Waals surface area contributed by atoms with Crippen molar-refractivity contribution in [3.63, 3.8) is 0 Å². The van der Waals surface area contributed by atoms with Crippen LogP contribution in [-0.4, -0.2) is 47.0 Å². The number of rotatable bonds is 3. The molecule has 4 aromatic rings. The predicted octanol–water partition coefficient (Wildman–Crippen LogP) is 3.20. The lowest BCUT2D eigenvalue weighted by atomic mass is 10.1. The Kier molecular flexibility index (Phi) is 4.52. The van der Waals surface area contributed by atoms with Gasteiger partial charge in [0.1, 0.15) is 16.9 Å². The number of nitrogens with zero attached hydrogens (tertiary/aromatic N) is 2. The number of para-hydroxylation sites is 1. The van der Waals surface area contributed by atoms with Gasteiger partial charge in [0.25, 0.3) is 5.91 Å². The summed E-state index contributed by atoms with van der Waals surface area (Å²) in [5.41, 5.74) is 1.48. The van der Waals surface area contributed by atoms with Crippen LogP contribution in [0.25, 0.3) is 21.9 Å². The number of hydrogen-bond acceptors (Lipinski definition) is 6. The highest BCUT2D eigenvalue weighted by Crippen LogP contribution is 2.24. The number of aromatic hydroxyl groups is 1. The summed E-state index contributed by atoms with van der Waals surface area (Å²) in [5.74, 6) is 0.309. The van der Waals surface area contributed by atoms with Crippen molar-refractivity contribution in [3.8, 4) is 5.75 Å². The van der Waals surface area contributed by atoms with E-state index in [1.807, 2.05) is 24.3 Å². The van der Waals surface area contributed by atoms with Crippen LogP contribution < -0.4 is 5.63 Å². The van der Waals surface area contributed by atoms with Crippen LogP contribution >= 0.6 is 0 Å². The van der Waals surface area contributed by atoms with Gasteiger partial charge in [-0.05, 0) is 29.8 Å². The number of furan rings is 1. The molecule has 0 aliphatic carbocycles. The van der Waals surface area contributed by atoms with E-state index in [0.717, 1.165) is 16.3 Å². The molecular formula is C23H20N2O5. The zero-order chi connectivity index (χ0) is 20.7. The van der Waals surface area contributed by atoms with E-state index in [1.165, 1.54) is 12.1 Å². The molecule has 0 saturated carbocycles. The quantitative estimate of drug-likeness (QED) is 0.528. The Balaban J connectivity index is 1.29. The largest absolute Gasteiger partial charge is 0.508 e. The normalized spacial score (nSPS) is 15.1. The average Bonchev–Trinajstić information content (AvgIpc) is 3.17. The number of carbonyl (C=O) groups excluding carboxylic acids is 1. The summed E-state index contributed by atoms with van der Waals surface area (Å²) < 4.78 is 10.9. The molecule has 0 unspecified atom stereocenters. The van der Waals surface area contributed by atoms with Crippen molar-refractivity contribution in [1.82, 2.24) is 9.80 Å². The highest BCUT2D eigenvalue weighted by atomic mass is 16.4. The molecule has 1 saturated heterocycles. The van der Waals surface area contributed by atoms with Crippen molar-refractivity contribution in [2.45, 2.75) is 6.54 Å². The molecule has 7 heteroatoms. The molecule has 1 aliphatic rings. The van der Waals surface area contributed by atoms with E-state index in [2.05, 4.69) is 4.90 Å². The van der Waals surface area contributed by atoms with Crippen molar-refractivity contribution in [3.05, 3.63) is 76.3 Å². The van der Waals surface area contributed by atoms with Crippen LogP contribution in [0, 0.1) is 0 Å². The topological polar surface area (TPSA) is 87.1 Å². The van der Waals surface area contributed by atoms with E-state index in [4.69, 9.17) is 8.83 Å². The number of phenols is 1. The molecule has 1 aliphatic heterocycles. The SMILES string of the molecule is O=C(c1cc2ccccc2o1)N1CCN(Cc2cc(=O)oc3cc(O)ccc23)CC1. The van der Waals surface area contributed by atoms with E-state index in [0.29, 0.717) is 49.7 Å². The molecule has 0 spiro atoms. The van der Waals surface area contributed by atoms with Gasteiger partial charge in [0, 0.05) is 55.6 Å². The minimum absolute atomic E-state index is 0.0560. The Bertz CT molecular complexity index is 1260. The number of fused-ring (bicyclic) bond motifs is 2. The van der Waals surface area contributed by atoms with Crippen molar-refractivity contribution in [1.29, 1.82) is 0 Å². The van der Waals surface area contributed by atoms with Gasteiger partial charge in [-0.1, -0.05) is 18.2 Å². The van der Waals surface area contributed by atoms with Gasteiger partial charge in [0.2, 0.25) is 0 Å². The van der Waals surface area contributed by atoms with E-state index in [1.54, 1.807) is 23.1 Å². The molecule has 5 rings (SSSR count). The van der Waals surface area contributed by atoms with Gasteiger partial charge < -0.3 is 18.8 Å². The summed E-state index contributed by atoms with van der Waals surface area (Å²) in [5, 5.41) is 11.4. The molecule has 2 aromatic heterocycles. The van der Waals surface area contributed by atoms with Crippen LogP contribution in [0.5, 0.6) is 5.75 Å². The van der Waals surface area contributed by atoms with E-state index in [-0.39, 0.29) is 11.7 Å². The van der Waals surface area contributed by atoms with Gasteiger partial charge in [-0.25, -0.2) is 4.79 Å². The van der Waals surface area contributed by atoms with E-state index < -0.39 is 5.63 Å². The molecular weight excluding hydrogens is 384 g/mol. The van der Waals surface area contributed by atoms with Gasteiger partial charge in [0.15, 0.2) is 5.76 Å². The smallest absolute Gasteiger partial charge is 0.336 e. The minimum Gasteiger partial charge on any atom is -0.508 e. The van der Waals surface area contributed by atoms with Crippen LogP contribution in [0.15, 0.2) is 68.2 Å². The highest BCUT2D eigenvalue weighted by Gasteiger charge is 2.25. The second kappa shape index (κ2) is 7.35. The lowest BCUT2D eigenvalue weighted by molar-refractivity contribution is 0.0600. The molecule has 3 heterocycles. The first-order chi connectivity index (χ1) is 14.6. The first-order valence-corrected chi connectivity index (χ1v) is 9.83. The summed E-state index contributed by atoms with van der Waals surface area (Å²) in [6.07, 6.45) is 0. The maximum atomic E-state index is 12.8. The van der Waals surface area contributed by atoms with Crippen molar-refractivity contribution >= 4 is 27.8 Å². The van der Waals surface area contributed by atoms with Gasteiger partial charge in [-0.3, -0.25) is 9.69 Å². The minimum atomic E-state index is -0.443. The Labute approximate surface area is 171 Å². The summed E-state index contributed by atoms with van der Waals surface area (Å²) in [6.45, 7) is 3.10. The molecule has 152 valence electrons. The standard InChI is InChI=1S/C23H20N2O5/c26-17-5-6-18-16(12-22(27)30-20(18)13-17)14-24-7-9-25(10-8-24)23(28)21-11-15-3-1-2-4-19(15)29-21/h1-6,11-13,26H,7-10,14H2. The Hall–Kier alpha value is -3.58. The first-order valence-electron chi connectivity index (χ1n) is 9.83. The number of carbonyl (C=O) groups is 1. The van der Waals surface area contributed by atoms with Crippen LogP contribution in [0.3, 0.4) is 0 Å². The van der Waals surface area contributed by atoms with Gasteiger partial charge >= 0.3 is 5.63 Å². The molecule has 0 bridgehead atoms. The maximum absolute atomic E-state index is 12.8. The molecule has 1 amide bonds. The van der Waals surface area contributed by atoms with Crippen LogP contribution in [0.2, 0.25) is 0 Å². The van der Waals surface area contributed by atoms with E-state index in [9.17, 15) is 14.7 Å². The predicted molar refractivity (Wildman–Crippen MR) is 112 cm³/mol. The fourth-order valence-corrected chi connectivity index (χ4v) is 3.94. The summed E-state index contributed by atoms with van der Waals surface area (Å²) in [4.78, 5) is 28.7. The van der Waals surface area contributed by atoms with Crippen LogP contribution in [-0.2, 0) is 6.54 Å². The van der Waals surface area contributed by atoms with Gasteiger partial charge in [0.05, 0.1) is 0 Å². The summed E-state index contributed by atoms with van der Waals surface area (Å²) >= 11 is 0. The Morgan fingerprint density at radius 2 is 1.73 bits per heavy atom. The zero-order valence-corrected chi connectivity index (χ0v) is 16.2. The molecule has 30 heavy (non-hydrogen) atoms. The number of phenolic OH excluding ortho intramolecular Hbond substituents is 1. The van der Waals surface area contributed by atoms with Crippen molar-refractivity contribution in [2.75, 3.05) is 26.2 Å². The van der Waals surface area contributed by atoms with Gasteiger partial charge in [-0.15, -0.1) is 0 Å². The second-order valence-corrected chi connectivity index (χ2v) is 7.49. The molecule has 0 atom stereocenters. The summed E-state index contributed by atoms with van der Waals surface area (Å²) in [6, 6.07) is 15.6.